The van der Waals surface area contributed by atoms with Gasteiger partial charge in [0.25, 0.3) is 0 Å². The van der Waals surface area contributed by atoms with Gasteiger partial charge in [0.2, 0.25) is 5.91 Å². The molecule has 0 aromatic carbocycles. The number of rotatable bonds is 3. The van der Waals surface area contributed by atoms with Crippen molar-refractivity contribution in [2.75, 3.05) is 6.54 Å². The van der Waals surface area contributed by atoms with E-state index in [0.29, 0.717) is 18.3 Å². The summed E-state index contributed by atoms with van der Waals surface area (Å²) in [6, 6.07) is 0.170. The van der Waals surface area contributed by atoms with E-state index in [2.05, 4.69) is 54.1 Å². The highest BCUT2D eigenvalue weighted by Gasteiger charge is 2.43. The van der Waals surface area contributed by atoms with Gasteiger partial charge < -0.3 is 10.6 Å². The highest BCUT2D eigenvalue weighted by Crippen LogP contribution is 2.39. The Balaban J connectivity index is 2.02. The van der Waals surface area contributed by atoms with Crippen LogP contribution < -0.4 is 16.1 Å². The van der Waals surface area contributed by atoms with Gasteiger partial charge in [0.05, 0.1) is 6.42 Å². The molecular weight excluding hydrogens is 264 g/mol. The van der Waals surface area contributed by atoms with Gasteiger partial charge in [0, 0.05) is 24.7 Å². The van der Waals surface area contributed by atoms with Gasteiger partial charge in [-0.25, -0.2) is 5.43 Å². The molecule has 0 spiro atoms. The lowest BCUT2D eigenvalue weighted by Gasteiger charge is -2.47. The number of hydrogen-bond donors (Lipinski definition) is 3. The minimum atomic E-state index is 0.125. The monoisotopic (exact) mass is 288 g/mol. The van der Waals surface area contributed by atoms with E-state index in [1.807, 2.05) is 12.3 Å². The normalized spacial score (nSPS) is 31.0. The number of dihydropyridines is 1. The summed E-state index contributed by atoms with van der Waals surface area (Å²) in [5.41, 5.74) is 5.90. The summed E-state index contributed by atoms with van der Waals surface area (Å²) in [4.78, 5) is 12.0. The Labute approximate surface area is 126 Å². The van der Waals surface area contributed by atoms with Crippen LogP contribution in [0.5, 0.6) is 0 Å². The summed E-state index contributed by atoms with van der Waals surface area (Å²) in [6.07, 6.45) is 8.95. The molecule has 3 unspecified atom stereocenters. The van der Waals surface area contributed by atoms with Crippen molar-refractivity contribution in [2.45, 2.75) is 39.4 Å². The minimum absolute atomic E-state index is 0.125. The minimum Gasteiger partial charge on any atom is -0.367 e. The molecule has 0 bridgehead atoms. The smallest absolute Gasteiger partial charge is 0.224 e. The molecule has 0 aromatic heterocycles. The molecule has 3 atom stereocenters. The molecule has 1 amide bonds. The van der Waals surface area contributed by atoms with Crippen LogP contribution in [0, 0.1) is 11.8 Å². The Morgan fingerprint density at radius 2 is 2.29 bits per heavy atom. The summed E-state index contributed by atoms with van der Waals surface area (Å²) in [5, 5.41) is 8.69. The molecule has 3 rings (SSSR count). The van der Waals surface area contributed by atoms with Gasteiger partial charge in [0.1, 0.15) is 6.17 Å². The number of amides is 1. The second-order valence-corrected chi connectivity index (χ2v) is 6.21. The van der Waals surface area contributed by atoms with Crippen molar-refractivity contribution in [3.63, 3.8) is 0 Å². The first kappa shape index (κ1) is 14.2. The van der Waals surface area contributed by atoms with E-state index in [9.17, 15) is 4.79 Å². The molecule has 3 aliphatic heterocycles. The van der Waals surface area contributed by atoms with E-state index >= 15 is 0 Å². The first-order valence-electron chi connectivity index (χ1n) is 7.76. The summed E-state index contributed by atoms with van der Waals surface area (Å²) >= 11 is 0. The Kier molecular flexibility index (Phi) is 3.76. The van der Waals surface area contributed by atoms with E-state index < -0.39 is 0 Å². The van der Waals surface area contributed by atoms with Crippen molar-refractivity contribution < 1.29 is 4.79 Å². The number of carbonyl (C=O) groups excluding carboxylic acids is 1. The Morgan fingerprint density at radius 1 is 1.48 bits per heavy atom. The van der Waals surface area contributed by atoms with Crippen LogP contribution in [-0.4, -0.2) is 29.7 Å². The number of hydrogen-bond acceptors (Lipinski definition) is 4. The molecule has 0 radical (unpaired) electrons. The number of piperidine rings is 1. The number of allylic oxidation sites excluding steroid dienone is 2. The van der Waals surface area contributed by atoms with Crippen LogP contribution in [-0.2, 0) is 4.79 Å². The highest BCUT2D eigenvalue weighted by atomic mass is 16.1. The van der Waals surface area contributed by atoms with Crippen LogP contribution in [0.15, 0.2) is 35.7 Å². The van der Waals surface area contributed by atoms with Crippen LogP contribution in [0.3, 0.4) is 0 Å². The lowest BCUT2D eigenvalue weighted by atomic mass is 9.73. The van der Waals surface area contributed by atoms with Crippen molar-refractivity contribution in [3.8, 4) is 0 Å². The van der Waals surface area contributed by atoms with Crippen LogP contribution >= 0.6 is 0 Å². The molecule has 5 heteroatoms. The van der Waals surface area contributed by atoms with Crippen molar-refractivity contribution >= 4 is 5.91 Å². The average Bonchev–Trinajstić information content (AvgIpc) is 2.46. The van der Waals surface area contributed by atoms with Gasteiger partial charge in [-0.1, -0.05) is 26.8 Å². The average molecular weight is 288 g/mol. The van der Waals surface area contributed by atoms with Crippen LogP contribution in [0.1, 0.15) is 27.2 Å². The van der Waals surface area contributed by atoms with Gasteiger partial charge in [-0.15, -0.1) is 0 Å². The fourth-order valence-corrected chi connectivity index (χ4v) is 3.53. The molecule has 5 nitrogen and oxygen atoms in total. The molecule has 0 aromatic rings. The lowest BCUT2D eigenvalue weighted by Crippen LogP contribution is -2.59. The van der Waals surface area contributed by atoms with Crippen LogP contribution in [0.2, 0.25) is 0 Å². The molecule has 3 aliphatic rings. The van der Waals surface area contributed by atoms with Crippen molar-refractivity contribution in [1.82, 2.24) is 21.1 Å². The van der Waals surface area contributed by atoms with Crippen LogP contribution in [0.25, 0.3) is 0 Å². The fraction of sp³-hybridized carbons (Fsp3) is 0.562. The van der Waals surface area contributed by atoms with E-state index in [-0.39, 0.29) is 18.1 Å². The third-order valence-corrected chi connectivity index (χ3v) is 4.41. The molecular formula is C16H24N4O. The van der Waals surface area contributed by atoms with E-state index in [4.69, 9.17) is 0 Å². The summed E-state index contributed by atoms with van der Waals surface area (Å²) in [6.45, 7) is 7.28. The first-order valence-corrected chi connectivity index (χ1v) is 7.76. The molecule has 3 N–H and O–H groups in total. The number of hydrazine groups is 1. The van der Waals surface area contributed by atoms with E-state index in [0.717, 1.165) is 6.54 Å². The Morgan fingerprint density at radius 3 is 3.00 bits per heavy atom. The van der Waals surface area contributed by atoms with Crippen molar-refractivity contribution in [2.24, 2.45) is 11.8 Å². The maximum Gasteiger partial charge on any atom is 0.224 e. The summed E-state index contributed by atoms with van der Waals surface area (Å²) in [5.74, 6) is 0.826. The molecule has 114 valence electrons. The summed E-state index contributed by atoms with van der Waals surface area (Å²) < 4.78 is 0. The van der Waals surface area contributed by atoms with Gasteiger partial charge in [-0.2, -0.15) is 0 Å². The van der Waals surface area contributed by atoms with Crippen molar-refractivity contribution in [3.05, 3.63) is 35.7 Å². The SMILES string of the molecule is CCNN1C=C2CC(=O)NC(C(C)C)C2C2=CC=CNC21. The fourth-order valence-electron chi connectivity index (χ4n) is 3.53. The molecule has 0 aliphatic carbocycles. The zero-order valence-corrected chi connectivity index (χ0v) is 12.9. The predicted molar refractivity (Wildman–Crippen MR) is 82.6 cm³/mol. The predicted octanol–water partition coefficient (Wildman–Crippen LogP) is 1.24. The second-order valence-electron chi connectivity index (χ2n) is 6.21. The van der Waals surface area contributed by atoms with Gasteiger partial charge in [0.15, 0.2) is 0 Å². The number of fused-ring (bicyclic) bond motifs is 3. The maximum atomic E-state index is 12.0. The zero-order valence-electron chi connectivity index (χ0n) is 12.9. The largest absolute Gasteiger partial charge is 0.367 e. The number of nitrogens with one attached hydrogen (secondary N) is 3. The molecule has 21 heavy (non-hydrogen) atoms. The molecule has 1 fully saturated rings. The molecule has 3 heterocycles. The van der Waals surface area contributed by atoms with E-state index in [1.54, 1.807) is 0 Å². The Hall–Kier alpha value is -1.75. The van der Waals surface area contributed by atoms with Crippen LogP contribution in [0.4, 0.5) is 0 Å². The van der Waals surface area contributed by atoms with Crippen molar-refractivity contribution in [1.29, 1.82) is 0 Å². The number of carbonyl (C=O) groups is 1. The van der Waals surface area contributed by atoms with E-state index in [1.165, 1.54) is 11.1 Å². The standard InChI is InChI=1S/C16H24N4O/c1-4-18-20-9-11-8-13(21)19-15(10(2)3)14(11)12-6-5-7-17-16(12)20/h5-7,9-10,14-18H,4,8H2,1-3H3,(H,19,21). The quantitative estimate of drug-likeness (QED) is 0.731. The second kappa shape index (κ2) is 5.56. The Bertz CT molecular complexity index is 520. The van der Waals surface area contributed by atoms with Gasteiger partial charge in [-0.05, 0) is 29.3 Å². The summed E-state index contributed by atoms with van der Waals surface area (Å²) in [7, 11) is 0. The molecule has 1 saturated heterocycles. The third kappa shape index (κ3) is 2.46. The zero-order chi connectivity index (χ0) is 15.0. The molecule has 0 saturated carbocycles. The maximum absolute atomic E-state index is 12.0. The lowest BCUT2D eigenvalue weighted by molar-refractivity contribution is -0.123. The first-order chi connectivity index (χ1) is 10.1. The highest BCUT2D eigenvalue weighted by molar-refractivity contribution is 5.81. The topological polar surface area (TPSA) is 56.4 Å². The third-order valence-electron chi connectivity index (χ3n) is 4.41. The number of nitrogens with zero attached hydrogens (tertiary/aromatic N) is 1. The van der Waals surface area contributed by atoms with Gasteiger partial charge in [-0.3, -0.25) is 9.80 Å². The van der Waals surface area contributed by atoms with Gasteiger partial charge >= 0.3 is 0 Å².